The van der Waals surface area contributed by atoms with Crippen molar-refractivity contribution >= 4 is 44.9 Å². The molecule has 0 saturated heterocycles. The SMILES string of the molecule is Cc1cc(Br)cc(C(=O)c2cccc(Cl)c2Cl)c1. The predicted molar refractivity (Wildman–Crippen MR) is 78.8 cm³/mol. The normalized spacial score (nSPS) is 10.4. The molecule has 0 bridgehead atoms. The Morgan fingerprint density at radius 2 is 1.89 bits per heavy atom. The van der Waals surface area contributed by atoms with Crippen molar-refractivity contribution in [2.75, 3.05) is 0 Å². The molecular weight excluding hydrogens is 335 g/mol. The summed E-state index contributed by atoms with van der Waals surface area (Å²) in [5.74, 6) is -0.132. The molecule has 0 aliphatic carbocycles. The first kappa shape index (κ1) is 13.6. The number of rotatable bonds is 2. The third-order valence-corrected chi connectivity index (χ3v) is 3.78. The standard InChI is InChI=1S/C14H9BrCl2O/c1-8-5-9(7-10(15)6-8)14(18)11-3-2-4-12(16)13(11)17/h2-7H,1H3. The molecular formula is C14H9BrCl2O. The summed E-state index contributed by atoms with van der Waals surface area (Å²) in [5.41, 5.74) is 2.01. The maximum atomic E-state index is 12.4. The summed E-state index contributed by atoms with van der Waals surface area (Å²) in [4.78, 5) is 12.4. The summed E-state index contributed by atoms with van der Waals surface area (Å²) in [5, 5.41) is 0.677. The highest BCUT2D eigenvalue weighted by Crippen LogP contribution is 2.28. The minimum absolute atomic E-state index is 0.132. The van der Waals surface area contributed by atoms with E-state index in [4.69, 9.17) is 23.2 Å². The molecule has 0 heterocycles. The maximum absolute atomic E-state index is 12.4. The van der Waals surface area contributed by atoms with Crippen LogP contribution in [0.3, 0.4) is 0 Å². The number of hydrogen-bond acceptors (Lipinski definition) is 1. The lowest BCUT2D eigenvalue weighted by Gasteiger charge is -2.06. The van der Waals surface area contributed by atoms with Crippen LogP contribution in [0.25, 0.3) is 0 Å². The molecule has 92 valence electrons. The number of carbonyl (C=O) groups is 1. The fourth-order valence-electron chi connectivity index (χ4n) is 1.70. The summed E-state index contributed by atoms with van der Waals surface area (Å²) in [6.45, 7) is 1.93. The van der Waals surface area contributed by atoms with Crippen molar-refractivity contribution in [2.24, 2.45) is 0 Å². The number of benzene rings is 2. The lowest BCUT2D eigenvalue weighted by atomic mass is 10.0. The Morgan fingerprint density at radius 1 is 1.17 bits per heavy atom. The van der Waals surface area contributed by atoms with Gasteiger partial charge in [-0.05, 0) is 42.8 Å². The lowest BCUT2D eigenvalue weighted by Crippen LogP contribution is -2.02. The Kier molecular flexibility index (Phi) is 4.10. The zero-order chi connectivity index (χ0) is 13.3. The van der Waals surface area contributed by atoms with Crippen LogP contribution in [0.4, 0.5) is 0 Å². The van der Waals surface area contributed by atoms with Crippen LogP contribution in [0, 0.1) is 6.92 Å². The fraction of sp³-hybridized carbons (Fsp3) is 0.0714. The van der Waals surface area contributed by atoms with Gasteiger partial charge in [0.2, 0.25) is 0 Å². The van der Waals surface area contributed by atoms with Gasteiger partial charge in [0.05, 0.1) is 10.0 Å². The molecule has 4 heteroatoms. The van der Waals surface area contributed by atoms with Crippen molar-refractivity contribution in [3.05, 3.63) is 67.6 Å². The van der Waals surface area contributed by atoms with E-state index >= 15 is 0 Å². The van der Waals surface area contributed by atoms with E-state index in [0.29, 0.717) is 21.2 Å². The first-order valence-electron chi connectivity index (χ1n) is 5.25. The van der Waals surface area contributed by atoms with Crippen molar-refractivity contribution in [1.29, 1.82) is 0 Å². The highest BCUT2D eigenvalue weighted by molar-refractivity contribution is 9.10. The molecule has 2 rings (SSSR count). The van der Waals surface area contributed by atoms with E-state index < -0.39 is 0 Å². The Morgan fingerprint density at radius 3 is 2.56 bits per heavy atom. The average molecular weight is 344 g/mol. The molecule has 18 heavy (non-hydrogen) atoms. The van der Waals surface area contributed by atoms with Gasteiger partial charge in [0.1, 0.15) is 0 Å². The molecule has 0 aliphatic rings. The predicted octanol–water partition coefficient (Wildman–Crippen LogP) is 5.30. The van der Waals surface area contributed by atoms with Crippen molar-refractivity contribution < 1.29 is 4.79 Å². The number of aryl methyl sites for hydroxylation is 1. The Balaban J connectivity index is 2.51. The third kappa shape index (κ3) is 2.77. The molecule has 0 atom stereocenters. The van der Waals surface area contributed by atoms with Gasteiger partial charge in [-0.25, -0.2) is 0 Å². The van der Waals surface area contributed by atoms with E-state index in [2.05, 4.69) is 15.9 Å². The second kappa shape index (κ2) is 5.43. The molecule has 0 N–H and O–H groups in total. The molecule has 0 fully saturated rings. The van der Waals surface area contributed by atoms with Crippen LogP contribution in [-0.4, -0.2) is 5.78 Å². The Labute approximate surface area is 124 Å². The second-order valence-corrected chi connectivity index (χ2v) is 5.65. The van der Waals surface area contributed by atoms with Gasteiger partial charge in [-0.3, -0.25) is 4.79 Å². The maximum Gasteiger partial charge on any atom is 0.194 e. The third-order valence-electron chi connectivity index (χ3n) is 2.50. The summed E-state index contributed by atoms with van der Waals surface area (Å²) in [6, 6.07) is 10.6. The molecule has 0 saturated carbocycles. The van der Waals surface area contributed by atoms with Crippen molar-refractivity contribution in [3.63, 3.8) is 0 Å². The molecule has 0 amide bonds. The van der Waals surface area contributed by atoms with E-state index in [1.165, 1.54) is 0 Å². The van der Waals surface area contributed by atoms with Crippen LogP contribution in [0.15, 0.2) is 40.9 Å². The first-order valence-corrected chi connectivity index (χ1v) is 6.80. The smallest absolute Gasteiger partial charge is 0.194 e. The molecule has 2 aromatic carbocycles. The quantitative estimate of drug-likeness (QED) is 0.676. The van der Waals surface area contributed by atoms with Gasteiger partial charge in [-0.15, -0.1) is 0 Å². The molecule has 0 aliphatic heterocycles. The summed E-state index contributed by atoms with van der Waals surface area (Å²) in [7, 11) is 0. The van der Waals surface area contributed by atoms with Crippen LogP contribution in [0.2, 0.25) is 10.0 Å². The zero-order valence-electron chi connectivity index (χ0n) is 9.51. The van der Waals surface area contributed by atoms with Gasteiger partial charge < -0.3 is 0 Å². The molecule has 0 radical (unpaired) electrons. The highest BCUT2D eigenvalue weighted by Gasteiger charge is 2.15. The minimum Gasteiger partial charge on any atom is -0.289 e. The number of hydrogen-bond donors (Lipinski definition) is 0. The molecule has 1 nitrogen and oxygen atoms in total. The van der Waals surface area contributed by atoms with Gasteiger partial charge >= 0.3 is 0 Å². The summed E-state index contributed by atoms with van der Waals surface area (Å²) < 4.78 is 0.865. The molecule has 2 aromatic rings. The van der Waals surface area contributed by atoms with E-state index in [0.717, 1.165) is 10.0 Å². The van der Waals surface area contributed by atoms with Crippen LogP contribution in [-0.2, 0) is 0 Å². The monoisotopic (exact) mass is 342 g/mol. The number of ketones is 1. The summed E-state index contributed by atoms with van der Waals surface area (Å²) in [6.07, 6.45) is 0. The second-order valence-electron chi connectivity index (χ2n) is 3.95. The topological polar surface area (TPSA) is 17.1 Å². The van der Waals surface area contributed by atoms with Gasteiger partial charge in [-0.1, -0.05) is 45.2 Å². The van der Waals surface area contributed by atoms with Crippen LogP contribution < -0.4 is 0 Å². The minimum atomic E-state index is -0.132. The van der Waals surface area contributed by atoms with Crippen LogP contribution >= 0.6 is 39.1 Å². The van der Waals surface area contributed by atoms with Crippen LogP contribution in [0.5, 0.6) is 0 Å². The molecule has 0 aromatic heterocycles. The van der Waals surface area contributed by atoms with Gasteiger partial charge in [0.25, 0.3) is 0 Å². The van der Waals surface area contributed by atoms with E-state index in [1.54, 1.807) is 24.3 Å². The van der Waals surface area contributed by atoms with E-state index in [-0.39, 0.29) is 5.78 Å². The van der Waals surface area contributed by atoms with Gasteiger partial charge in [0, 0.05) is 15.6 Å². The number of carbonyl (C=O) groups excluding carboxylic acids is 1. The van der Waals surface area contributed by atoms with Gasteiger partial charge in [0.15, 0.2) is 5.78 Å². The van der Waals surface area contributed by atoms with Gasteiger partial charge in [-0.2, -0.15) is 0 Å². The van der Waals surface area contributed by atoms with E-state index in [1.807, 2.05) is 19.1 Å². The Bertz CT molecular complexity index is 603. The summed E-state index contributed by atoms with van der Waals surface area (Å²) >= 11 is 15.3. The first-order chi connectivity index (χ1) is 8.49. The van der Waals surface area contributed by atoms with E-state index in [9.17, 15) is 4.79 Å². The zero-order valence-corrected chi connectivity index (χ0v) is 12.6. The molecule has 0 spiro atoms. The largest absolute Gasteiger partial charge is 0.289 e. The van der Waals surface area contributed by atoms with Crippen molar-refractivity contribution in [1.82, 2.24) is 0 Å². The van der Waals surface area contributed by atoms with Crippen molar-refractivity contribution in [3.8, 4) is 0 Å². The Hall–Kier alpha value is -0.830. The van der Waals surface area contributed by atoms with Crippen molar-refractivity contribution in [2.45, 2.75) is 6.92 Å². The lowest BCUT2D eigenvalue weighted by molar-refractivity contribution is 0.103. The molecule has 0 unspecified atom stereocenters. The fourth-order valence-corrected chi connectivity index (χ4v) is 2.70. The van der Waals surface area contributed by atoms with Crippen LogP contribution in [0.1, 0.15) is 21.5 Å². The number of halogens is 3. The highest BCUT2D eigenvalue weighted by atomic mass is 79.9. The average Bonchev–Trinajstić information content (AvgIpc) is 2.30.